The zero-order valence-electron chi connectivity index (χ0n) is 10.9. The van der Waals surface area contributed by atoms with Gasteiger partial charge in [-0.2, -0.15) is 0 Å². The first-order valence-corrected chi connectivity index (χ1v) is 7.23. The molecular formula is C16H22N2. The number of aromatic nitrogens is 1. The van der Waals surface area contributed by atoms with Gasteiger partial charge < -0.3 is 10.3 Å². The Balaban J connectivity index is 1.52. The summed E-state index contributed by atoms with van der Waals surface area (Å²) >= 11 is 0. The van der Waals surface area contributed by atoms with Crippen LogP contribution < -0.4 is 5.32 Å². The molecule has 1 fully saturated rings. The minimum atomic E-state index is 0.960. The van der Waals surface area contributed by atoms with Crippen molar-refractivity contribution < 1.29 is 0 Å². The molecule has 0 saturated heterocycles. The van der Waals surface area contributed by atoms with Crippen LogP contribution in [0.25, 0.3) is 10.9 Å². The lowest BCUT2D eigenvalue weighted by Crippen LogP contribution is -2.12. The van der Waals surface area contributed by atoms with Crippen molar-refractivity contribution in [2.24, 2.45) is 5.92 Å². The SMILES string of the molecule is c1cc2cc(NCCC3CCCCC3)ccc2[nH]1. The van der Waals surface area contributed by atoms with Crippen LogP contribution >= 0.6 is 0 Å². The second kappa shape index (κ2) is 5.47. The normalized spacial score (nSPS) is 17.1. The van der Waals surface area contributed by atoms with Gasteiger partial charge in [-0.1, -0.05) is 32.1 Å². The Kier molecular flexibility index (Phi) is 3.54. The Bertz CT molecular complexity index is 495. The number of rotatable bonds is 4. The van der Waals surface area contributed by atoms with Crippen LogP contribution in [-0.2, 0) is 0 Å². The van der Waals surface area contributed by atoms with Gasteiger partial charge in [0, 0.05) is 29.3 Å². The number of hydrogen-bond acceptors (Lipinski definition) is 1. The molecule has 96 valence electrons. The number of benzene rings is 1. The highest BCUT2D eigenvalue weighted by Crippen LogP contribution is 2.26. The maximum Gasteiger partial charge on any atom is 0.0455 e. The van der Waals surface area contributed by atoms with Crippen molar-refractivity contribution in [2.45, 2.75) is 38.5 Å². The summed E-state index contributed by atoms with van der Waals surface area (Å²) in [6.07, 6.45) is 10.5. The molecule has 2 heteroatoms. The molecule has 2 nitrogen and oxygen atoms in total. The fraction of sp³-hybridized carbons (Fsp3) is 0.500. The Morgan fingerprint density at radius 1 is 1.11 bits per heavy atom. The molecule has 1 heterocycles. The van der Waals surface area contributed by atoms with E-state index in [-0.39, 0.29) is 0 Å². The second-order valence-corrected chi connectivity index (χ2v) is 5.50. The molecule has 0 radical (unpaired) electrons. The van der Waals surface area contributed by atoms with Crippen LogP contribution in [-0.4, -0.2) is 11.5 Å². The van der Waals surface area contributed by atoms with Gasteiger partial charge in [0.05, 0.1) is 0 Å². The largest absolute Gasteiger partial charge is 0.385 e. The van der Waals surface area contributed by atoms with Crippen LogP contribution in [0.5, 0.6) is 0 Å². The topological polar surface area (TPSA) is 27.8 Å². The standard InChI is InChI=1S/C16H22N2/c1-2-4-13(5-3-1)8-10-17-15-6-7-16-14(12-15)9-11-18-16/h6-7,9,11-13,17-18H,1-5,8,10H2. The van der Waals surface area contributed by atoms with Crippen molar-refractivity contribution in [3.8, 4) is 0 Å². The molecule has 1 aromatic heterocycles. The van der Waals surface area contributed by atoms with Crippen molar-refractivity contribution in [3.05, 3.63) is 30.5 Å². The summed E-state index contributed by atoms with van der Waals surface area (Å²) < 4.78 is 0. The zero-order valence-corrected chi connectivity index (χ0v) is 10.9. The first-order chi connectivity index (χ1) is 8.92. The third-order valence-electron chi connectivity index (χ3n) is 4.16. The van der Waals surface area contributed by atoms with Gasteiger partial charge in [0.1, 0.15) is 0 Å². The molecular weight excluding hydrogens is 220 g/mol. The second-order valence-electron chi connectivity index (χ2n) is 5.50. The maximum absolute atomic E-state index is 3.56. The zero-order chi connectivity index (χ0) is 12.2. The summed E-state index contributed by atoms with van der Waals surface area (Å²) in [5.74, 6) is 0.960. The summed E-state index contributed by atoms with van der Waals surface area (Å²) in [6.45, 7) is 1.11. The number of aromatic amines is 1. The summed E-state index contributed by atoms with van der Waals surface area (Å²) in [4.78, 5) is 3.23. The van der Waals surface area contributed by atoms with E-state index in [1.807, 2.05) is 6.20 Å². The summed E-state index contributed by atoms with van der Waals surface area (Å²) in [7, 11) is 0. The Morgan fingerprint density at radius 2 is 2.00 bits per heavy atom. The lowest BCUT2D eigenvalue weighted by molar-refractivity contribution is 0.345. The lowest BCUT2D eigenvalue weighted by Gasteiger charge is -2.21. The first-order valence-electron chi connectivity index (χ1n) is 7.23. The Hall–Kier alpha value is -1.44. The van der Waals surface area contributed by atoms with Crippen LogP contribution in [0.4, 0.5) is 5.69 Å². The van der Waals surface area contributed by atoms with E-state index >= 15 is 0 Å². The number of anilines is 1. The first kappa shape index (κ1) is 11.6. The number of hydrogen-bond donors (Lipinski definition) is 2. The fourth-order valence-corrected chi connectivity index (χ4v) is 3.06. The van der Waals surface area contributed by atoms with Crippen LogP contribution in [0.2, 0.25) is 0 Å². The van der Waals surface area contributed by atoms with Crippen LogP contribution in [0, 0.1) is 5.92 Å². The van der Waals surface area contributed by atoms with Crippen molar-refractivity contribution >= 4 is 16.6 Å². The molecule has 18 heavy (non-hydrogen) atoms. The molecule has 1 saturated carbocycles. The molecule has 2 aromatic rings. The third kappa shape index (κ3) is 2.69. The van der Waals surface area contributed by atoms with Crippen molar-refractivity contribution in [3.63, 3.8) is 0 Å². The van der Waals surface area contributed by atoms with Crippen LogP contribution in [0.15, 0.2) is 30.5 Å². The van der Waals surface area contributed by atoms with E-state index < -0.39 is 0 Å². The van der Waals surface area contributed by atoms with Gasteiger partial charge in [-0.15, -0.1) is 0 Å². The highest BCUT2D eigenvalue weighted by Gasteiger charge is 2.12. The van der Waals surface area contributed by atoms with Gasteiger partial charge in [0.2, 0.25) is 0 Å². The Labute approximate surface area is 109 Å². The minimum absolute atomic E-state index is 0.960. The minimum Gasteiger partial charge on any atom is -0.385 e. The number of fused-ring (bicyclic) bond motifs is 1. The quantitative estimate of drug-likeness (QED) is 0.808. The van der Waals surface area contributed by atoms with Gasteiger partial charge in [-0.25, -0.2) is 0 Å². The summed E-state index contributed by atoms with van der Waals surface area (Å²) in [5.41, 5.74) is 2.46. The van der Waals surface area contributed by atoms with E-state index in [9.17, 15) is 0 Å². The summed E-state index contributed by atoms with van der Waals surface area (Å²) in [6, 6.07) is 8.67. The molecule has 0 bridgehead atoms. The molecule has 0 aliphatic heterocycles. The molecule has 2 N–H and O–H groups in total. The Morgan fingerprint density at radius 3 is 2.89 bits per heavy atom. The summed E-state index contributed by atoms with van der Waals surface area (Å²) in [5, 5.41) is 4.85. The van der Waals surface area contributed by atoms with Gasteiger partial charge in [0.15, 0.2) is 0 Å². The van der Waals surface area contributed by atoms with Crippen molar-refractivity contribution in [1.29, 1.82) is 0 Å². The third-order valence-corrected chi connectivity index (χ3v) is 4.16. The van der Waals surface area contributed by atoms with E-state index in [2.05, 4.69) is 34.6 Å². The van der Waals surface area contributed by atoms with E-state index in [0.717, 1.165) is 12.5 Å². The van der Waals surface area contributed by atoms with E-state index in [4.69, 9.17) is 0 Å². The molecule has 0 spiro atoms. The average molecular weight is 242 g/mol. The smallest absolute Gasteiger partial charge is 0.0455 e. The van der Waals surface area contributed by atoms with E-state index in [1.54, 1.807) is 0 Å². The van der Waals surface area contributed by atoms with Crippen LogP contribution in [0.3, 0.4) is 0 Å². The molecule has 1 aliphatic rings. The average Bonchev–Trinajstić information content (AvgIpc) is 2.87. The molecule has 0 amide bonds. The predicted octanol–water partition coefficient (Wildman–Crippen LogP) is 4.55. The highest BCUT2D eigenvalue weighted by atomic mass is 14.9. The number of H-pyrrole nitrogens is 1. The number of nitrogens with one attached hydrogen (secondary N) is 2. The molecule has 0 unspecified atom stereocenters. The van der Waals surface area contributed by atoms with Crippen LogP contribution in [0.1, 0.15) is 38.5 Å². The fourth-order valence-electron chi connectivity index (χ4n) is 3.06. The van der Waals surface area contributed by atoms with Gasteiger partial charge in [0.25, 0.3) is 0 Å². The molecule has 1 aliphatic carbocycles. The molecule has 0 atom stereocenters. The van der Waals surface area contributed by atoms with Gasteiger partial charge >= 0.3 is 0 Å². The van der Waals surface area contributed by atoms with Gasteiger partial charge in [-0.3, -0.25) is 0 Å². The van der Waals surface area contributed by atoms with Gasteiger partial charge in [-0.05, 0) is 36.6 Å². The van der Waals surface area contributed by atoms with Crippen molar-refractivity contribution in [1.82, 2.24) is 4.98 Å². The van der Waals surface area contributed by atoms with Crippen molar-refractivity contribution in [2.75, 3.05) is 11.9 Å². The predicted molar refractivity (Wildman–Crippen MR) is 78.0 cm³/mol. The lowest BCUT2D eigenvalue weighted by atomic mass is 9.87. The van der Waals surface area contributed by atoms with E-state index in [0.29, 0.717) is 0 Å². The maximum atomic E-state index is 3.56. The highest BCUT2D eigenvalue weighted by molar-refractivity contribution is 5.82. The molecule has 1 aromatic carbocycles. The molecule has 3 rings (SSSR count). The van der Waals surface area contributed by atoms with E-state index in [1.165, 1.54) is 55.1 Å². The monoisotopic (exact) mass is 242 g/mol.